The van der Waals surface area contributed by atoms with Gasteiger partial charge in [-0.15, -0.1) is 0 Å². The molecule has 0 aromatic carbocycles. The Hall–Kier alpha value is -1.51. The molecule has 0 aromatic rings. The van der Waals surface area contributed by atoms with Crippen LogP contribution in [0.5, 0.6) is 0 Å². The minimum Gasteiger partial charge on any atom is -0.478 e. The lowest BCUT2D eigenvalue weighted by molar-refractivity contribution is -0.143. The first kappa shape index (κ1) is 11.6. The molecular weight excluding hydrogens is 206 g/mol. The number of hydrogen-bond donors (Lipinski definition) is 4. The number of rotatable bonds is 5. The molecular formula is C7H11N3O5. The zero-order valence-electron chi connectivity index (χ0n) is 7.73. The van der Waals surface area contributed by atoms with Crippen molar-refractivity contribution in [3.63, 3.8) is 0 Å². The highest BCUT2D eigenvalue weighted by Gasteiger charge is 2.75. The van der Waals surface area contributed by atoms with Crippen molar-refractivity contribution in [2.24, 2.45) is 17.2 Å². The Balaban J connectivity index is 2.63. The van der Waals surface area contributed by atoms with Crippen molar-refractivity contribution in [3.8, 4) is 0 Å². The number of Topliss-reactive ketones (excluding diaryl/α,β-unsaturated/α-hetero) is 1. The first-order valence-electron chi connectivity index (χ1n) is 4.07. The molecule has 1 amide bonds. The maximum atomic E-state index is 11.4. The van der Waals surface area contributed by atoms with Gasteiger partial charge in [0.25, 0.3) is 5.72 Å². The third kappa shape index (κ3) is 1.69. The second-order valence-corrected chi connectivity index (χ2v) is 3.27. The molecule has 2 atom stereocenters. The molecule has 1 fully saturated rings. The fraction of sp³-hybridized carbons (Fsp3) is 0.571. The molecule has 84 valence electrons. The summed E-state index contributed by atoms with van der Waals surface area (Å²) < 4.78 is 4.50. The van der Waals surface area contributed by atoms with Crippen LogP contribution in [0.3, 0.4) is 0 Å². The van der Waals surface area contributed by atoms with Crippen molar-refractivity contribution in [1.82, 2.24) is 0 Å². The van der Waals surface area contributed by atoms with Crippen LogP contribution in [0.1, 0.15) is 12.8 Å². The highest BCUT2D eigenvalue weighted by Crippen LogP contribution is 2.40. The Bertz CT molecular complexity index is 344. The van der Waals surface area contributed by atoms with Crippen molar-refractivity contribution in [2.45, 2.75) is 24.3 Å². The molecule has 1 rings (SSSR count). The number of carbonyl (C=O) groups excluding carboxylic acids is 2. The molecule has 0 aromatic heterocycles. The van der Waals surface area contributed by atoms with Crippen LogP contribution < -0.4 is 17.2 Å². The second-order valence-electron chi connectivity index (χ2n) is 3.27. The fourth-order valence-corrected chi connectivity index (χ4v) is 1.12. The fourth-order valence-electron chi connectivity index (χ4n) is 1.12. The quantitative estimate of drug-likeness (QED) is 0.362. The minimum atomic E-state index is -2.19. The third-order valence-corrected chi connectivity index (χ3v) is 2.16. The summed E-state index contributed by atoms with van der Waals surface area (Å²) in [5, 5.41) is 8.60. The van der Waals surface area contributed by atoms with E-state index in [1.165, 1.54) is 0 Å². The number of ketones is 1. The molecule has 1 aliphatic heterocycles. The summed E-state index contributed by atoms with van der Waals surface area (Å²) in [5.41, 5.74) is 11.1. The van der Waals surface area contributed by atoms with Crippen LogP contribution in [0.15, 0.2) is 0 Å². The van der Waals surface area contributed by atoms with Crippen LogP contribution in [0.4, 0.5) is 0 Å². The molecule has 1 heterocycles. The first-order valence-corrected chi connectivity index (χ1v) is 4.07. The number of aliphatic carboxylic acids is 1. The van der Waals surface area contributed by atoms with Gasteiger partial charge in [-0.05, 0) is 0 Å². The number of carbonyl (C=O) groups is 3. The number of primary amides is 1. The zero-order chi connectivity index (χ0) is 11.9. The molecule has 0 saturated carbocycles. The van der Waals surface area contributed by atoms with Gasteiger partial charge in [0, 0.05) is 12.8 Å². The molecule has 2 unspecified atom stereocenters. The van der Waals surface area contributed by atoms with Gasteiger partial charge in [0.05, 0.1) is 0 Å². The summed E-state index contributed by atoms with van der Waals surface area (Å²) in [6, 6.07) is 0. The number of ether oxygens (including phenoxy) is 1. The second kappa shape index (κ2) is 3.26. The van der Waals surface area contributed by atoms with Gasteiger partial charge in [0.2, 0.25) is 11.6 Å². The lowest BCUT2D eigenvalue weighted by Crippen LogP contribution is -2.51. The molecule has 8 heteroatoms. The molecule has 7 N–H and O–H groups in total. The average molecular weight is 217 g/mol. The summed E-state index contributed by atoms with van der Waals surface area (Å²) in [6.45, 7) is 0. The Morgan fingerprint density at radius 3 is 2.00 bits per heavy atom. The molecule has 15 heavy (non-hydrogen) atoms. The predicted molar refractivity (Wildman–Crippen MR) is 46.0 cm³/mol. The van der Waals surface area contributed by atoms with Gasteiger partial charge in [-0.2, -0.15) is 0 Å². The first-order chi connectivity index (χ1) is 6.74. The lowest BCUT2D eigenvalue weighted by atomic mass is 10.0. The standard InChI is InChI=1S/C7H11N3O5/c8-4(12)2-1-3(11)6(9)7(10,15-6)5(13)14/h1-2,9-10H2,(H2,8,12)(H,13,14). The largest absolute Gasteiger partial charge is 0.478 e. The number of hydrogen-bond acceptors (Lipinski definition) is 6. The SMILES string of the molecule is NC(=O)CCC(=O)C1(N)OC1(N)C(=O)O. The molecule has 8 nitrogen and oxygen atoms in total. The van der Waals surface area contributed by atoms with Crippen molar-refractivity contribution in [3.05, 3.63) is 0 Å². The van der Waals surface area contributed by atoms with E-state index in [2.05, 4.69) is 4.74 Å². The number of carboxylic acids is 1. The molecule has 0 spiro atoms. The van der Waals surface area contributed by atoms with Crippen molar-refractivity contribution >= 4 is 17.7 Å². The van der Waals surface area contributed by atoms with E-state index >= 15 is 0 Å². The lowest BCUT2D eigenvalue weighted by Gasteiger charge is -2.06. The van der Waals surface area contributed by atoms with Crippen LogP contribution in [0.2, 0.25) is 0 Å². The van der Waals surface area contributed by atoms with E-state index in [1.807, 2.05) is 0 Å². The molecule has 1 aliphatic rings. The van der Waals surface area contributed by atoms with Crippen LogP contribution in [-0.2, 0) is 19.1 Å². The van der Waals surface area contributed by atoms with Gasteiger partial charge in [-0.3, -0.25) is 21.1 Å². The van der Waals surface area contributed by atoms with Gasteiger partial charge in [0.1, 0.15) is 0 Å². The van der Waals surface area contributed by atoms with E-state index in [9.17, 15) is 14.4 Å². The van der Waals surface area contributed by atoms with Gasteiger partial charge in [0.15, 0.2) is 5.78 Å². The maximum Gasteiger partial charge on any atom is 0.356 e. The number of nitrogens with two attached hydrogens (primary N) is 3. The number of amides is 1. The minimum absolute atomic E-state index is 0.225. The van der Waals surface area contributed by atoms with Gasteiger partial charge < -0.3 is 15.6 Å². The van der Waals surface area contributed by atoms with E-state index in [1.54, 1.807) is 0 Å². The van der Waals surface area contributed by atoms with Gasteiger partial charge in [-0.25, -0.2) is 4.79 Å². The van der Waals surface area contributed by atoms with Crippen molar-refractivity contribution in [2.75, 3.05) is 0 Å². The van der Waals surface area contributed by atoms with E-state index < -0.39 is 29.1 Å². The number of carboxylic acid groups (broad SMARTS) is 1. The van der Waals surface area contributed by atoms with Gasteiger partial charge >= 0.3 is 5.97 Å². The van der Waals surface area contributed by atoms with Crippen LogP contribution in [0.25, 0.3) is 0 Å². The molecule has 0 bridgehead atoms. The van der Waals surface area contributed by atoms with Gasteiger partial charge in [-0.1, -0.05) is 0 Å². The Labute approximate surface area is 84.3 Å². The highest BCUT2D eigenvalue weighted by molar-refractivity contribution is 6.00. The summed E-state index contributed by atoms with van der Waals surface area (Å²) >= 11 is 0. The van der Waals surface area contributed by atoms with Crippen LogP contribution in [-0.4, -0.2) is 34.2 Å². The summed E-state index contributed by atoms with van der Waals surface area (Å²) in [6.07, 6.45) is -0.519. The average Bonchev–Trinajstić information content (AvgIpc) is 2.68. The van der Waals surface area contributed by atoms with E-state index in [0.29, 0.717) is 0 Å². The highest BCUT2D eigenvalue weighted by atomic mass is 16.7. The monoisotopic (exact) mass is 217 g/mol. The summed E-state index contributed by atoms with van der Waals surface area (Å²) in [7, 11) is 0. The normalized spacial score (nSPS) is 33.5. The van der Waals surface area contributed by atoms with E-state index in [4.69, 9.17) is 22.3 Å². The van der Waals surface area contributed by atoms with Crippen LogP contribution >= 0.6 is 0 Å². The summed E-state index contributed by atoms with van der Waals surface area (Å²) in [5.74, 6) is -2.98. The Morgan fingerprint density at radius 2 is 1.67 bits per heavy atom. The summed E-state index contributed by atoms with van der Waals surface area (Å²) in [4.78, 5) is 32.3. The Morgan fingerprint density at radius 1 is 1.13 bits per heavy atom. The van der Waals surface area contributed by atoms with E-state index in [0.717, 1.165) is 0 Å². The predicted octanol–water partition coefficient (Wildman–Crippen LogP) is -2.75. The molecule has 0 radical (unpaired) electrons. The smallest absolute Gasteiger partial charge is 0.356 e. The molecule has 0 aliphatic carbocycles. The number of epoxide rings is 1. The van der Waals surface area contributed by atoms with Crippen LogP contribution in [0, 0.1) is 0 Å². The third-order valence-electron chi connectivity index (χ3n) is 2.16. The maximum absolute atomic E-state index is 11.4. The zero-order valence-corrected chi connectivity index (χ0v) is 7.73. The Kier molecular flexibility index (Phi) is 2.51. The van der Waals surface area contributed by atoms with Crippen molar-refractivity contribution < 1.29 is 24.2 Å². The molecule has 1 saturated heterocycles. The van der Waals surface area contributed by atoms with E-state index in [-0.39, 0.29) is 12.8 Å². The van der Waals surface area contributed by atoms with Crippen molar-refractivity contribution in [1.29, 1.82) is 0 Å². The topological polar surface area (TPSA) is 162 Å².